The number of likely N-dealkylation sites (tertiary alicyclic amines) is 1. The molecule has 34 heavy (non-hydrogen) atoms. The number of halogens is 2. The number of ether oxygens (including phenoxy) is 4. The molecule has 3 aromatic rings. The Bertz CT molecular complexity index is 1110. The molecule has 0 spiro atoms. The lowest BCUT2D eigenvalue weighted by Gasteiger charge is -2.20. The molecule has 1 saturated heterocycles. The number of methoxy groups -OCH3 is 1. The van der Waals surface area contributed by atoms with Crippen molar-refractivity contribution in [3.05, 3.63) is 36.7 Å². The molecule has 1 fully saturated rings. The third-order valence-electron chi connectivity index (χ3n) is 5.67. The first-order valence-electron chi connectivity index (χ1n) is 10.7. The van der Waals surface area contributed by atoms with Gasteiger partial charge in [-0.3, -0.25) is 0 Å². The second kappa shape index (κ2) is 11.6. The lowest BCUT2D eigenvalue weighted by atomic mass is 10.2. The molecule has 2 aliphatic rings. The molecule has 0 saturated carbocycles. The lowest BCUT2D eigenvalue weighted by Crippen LogP contribution is -2.33. The smallest absolute Gasteiger partial charge is 0.231 e. The lowest BCUT2D eigenvalue weighted by molar-refractivity contribution is 0.0747. The van der Waals surface area contributed by atoms with Gasteiger partial charge in [-0.25, -0.2) is 9.97 Å². The Balaban J connectivity index is 0.00000162. The van der Waals surface area contributed by atoms with E-state index in [0.29, 0.717) is 40.9 Å². The van der Waals surface area contributed by atoms with Gasteiger partial charge in [-0.05, 0) is 44.1 Å². The average molecular weight is 511 g/mol. The number of fused-ring (bicyclic) bond motifs is 2. The highest BCUT2D eigenvalue weighted by molar-refractivity contribution is 5.93. The van der Waals surface area contributed by atoms with Crippen molar-refractivity contribution in [1.82, 2.24) is 14.9 Å². The van der Waals surface area contributed by atoms with Crippen LogP contribution in [0.2, 0.25) is 0 Å². The highest BCUT2D eigenvalue weighted by Crippen LogP contribution is 2.41. The van der Waals surface area contributed by atoms with Crippen LogP contribution < -0.4 is 24.3 Å². The molecule has 0 bridgehead atoms. The van der Waals surface area contributed by atoms with E-state index in [1.807, 2.05) is 24.3 Å². The Morgan fingerprint density at radius 2 is 1.94 bits per heavy atom. The number of benzene rings is 2. The number of para-hydroxylation sites is 1. The van der Waals surface area contributed by atoms with Gasteiger partial charge < -0.3 is 34.3 Å². The number of aromatic nitrogens is 2. The van der Waals surface area contributed by atoms with E-state index in [9.17, 15) is 5.11 Å². The van der Waals surface area contributed by atoms with E-state index < -0.39 is 6.10 Å². The summed E-state index contributed by atoms with van der Waals surface area (Å²) in [6, 6.07) is 9.28. The van der Waals surface area contributed by atoms with Gasteiger partial charge in [-0.15, -0.1) is 24.8 Å². The van der Waals surface area contributed by atoms with Crippen LogP contribution in [-0.2, 0) is 0 Å². The molecule has 0 unspecified atom stereocenters. The summed E-state index contributed by atoms with van der Waals surface area (Å²) in [6.45, 7) is 3.05. The number of aliphatic hydroxyl groups excluding tert-OH is 1. The Kier molecular flexibility index (Phi) is 8.84. The van der Waals surface area contributed by atoms with Crippen LogP contribution in [0.15, 0.2) is 36.7 Å². The van der Waals surface area contributed by atoms with E-state index in [2.05, 4.69) is 20.2 Å². The van der Waals surface area contributed by atoms with Gasteiger partial charge in [-0.1, -0.05) is 6.07 Å². The number of anilines is 2. The molecule has 0 aliphatic carbocycles. The molecule has 1 atom stereocenters. The molecule has 0 radical (unpaired) electrons. The molecule has 1 aromatic heterocycles. The molecule has 3 heterocycles. The van der Waals surface area contributed by atoms with Crippen LogP contribution >= 0.6 is 24.8 Å². The van der Waals surface area contributed by atoms with Crippen molar-refractivity contribution in [2.45, 2.75) is 18.9 Å². The maximum atomic E-state index is 10.4. The highest BCUT2D eigenvalue weighted by Gasteiger charge is 2.20. The minimum Gasteiger partial charge on any atom is -0.493 e. The third-order valence-corrected chi connectivity index (χ3v) is 5.67. The van der Waals surface area contributed by atoms with Crippen molar-refractivity contribution in [3.8, 4) is 23.0 Å². The van der Waals surface area contributed by atoms with Gasteiger partial charge in [0.1, 0.15) is 24.9 Å². The number of nitrogens with zero attached hydrogens (tertiary/aromatic N) is 3. The number of hydrogen-bond donors (Lipinski definition) is 2. The second-order valence-corrected chi connectivity index (χ2v) is 7.88. The van der Waals surface area contributed by atoms with E-state index in [4.69, 9.17) is 18.9 Å². The Hall–Kier alpha value is -2.72. The van der Waals surface area contributed by atoms with Gasteiger partial charge in [0.2, 0.25) is 6.79 Å². The van der Waals surface area contributed by atoms with Crippen LogP contribution in [-0.4, -0.2) is 66.2 Å². The van der Waals surface area contributed by atoms with E-state index >= 15 is 0 Å². The SMILES string of the molecule is COc1cc2c(Nc3cccc4c3OCO4)ncnc2cc1OC[C@H](O)CN1CCCC1.Cl.Cl. The maximum absolute atomic E-state index is 10.4. The quantitative estimate of drug-likeness (QED) is 0.468. The van der Waals surface area contributed by atoms with Crippen molar-refractivity contribution in [3.63, 3.8) is 0 Å². The van der Waals surface area contributed by atoms with E-state index in [1.165, 1.54) is 19.2 Å². The van der Waals surface area contributed by atoms with Gasteiger partial charge in [-0.2, -0.15) is 0 Å². The summed E-state index contributed by atoms with van der Waals surface area (Å²) in [5.74, 6) is 3.02. The molecule has 2 aromatic carbocycles. The third kappa shape index (κ3) is 5.50. The Morgan fingerprint density at radius 1 is 1.12 bits per heavy atom. The maximum Gasteiger partial charge on any atom is 0.231 e. The summed E-state index contributed by atoms with van der Waals surface area (Å²) in [6.07, 6.45) is 3.29. The number of aliphatic hydroxyl groups is 1. The van der Waals surface area contributed by atoms with Crippen molar-refractivity contribution < 1.29 is 24.1 Å². The Morgan fingerprint density at radius 3 is 2.74 bits per heavy atom. The summed E-state index contributed by atoms with van der Waals surface area (Å²) >= 11 is 0. The molecule has 2 N–H and O–H groups in total. The molecule has 5 rings (SSSR count). The van der Waals surface area contributed by atoms with Crippen molar-refractivity contribution >= 4 is 47.2 Å². The van der Waals surface area contributed by atoms with Gasteiger partial charge in [0.05, 0.1) is 18.3 Å². The van der Waals surface area contributed by atoms with Gasteiger partial charge >= 0.3 is 0 Å². The fourth-order valence-electron chi connectivity index (χ4n) is 4.09. The summed E-state index contributed by atoms with van der Waals surface area (Å²) in [5.41, 5.74) is 1.45. The van der Waals surface area contributed by atoms with E-state index in [0.717, 1.165) is 24.2 Å². The van der Waals surface area contributed by atoms with Gasteiger partial charge in [0, 0.05) is 18.0 Å². The van der Waals surface area contributed by atoms with Gasteiger partial charge in [0.25, 0.3) is 0 Å². The van der Waals surface area contributed by atoms with Crippen molar-refractivity contribution in [1.29, 1.82) is 0 Å². The first-order chi connectivity index (χ1) is 15.7. The predicted octanol–water partition coefficient (Wildman–Crippen LogP) is 3.79. The van der Waals surface area contributed by atoms with Crippen LogP contribution in [0.3, 0.4) is 0 Å². The molecule has 184 valence electrons. The molecule has 0 amide bonds. The summed E-state index contributed by atoms with van der Waals surface area (Å²) < 4.78 is 22.5. The van der Waals surface area contributed by atoms with Crippen molar-refractivity contribution in [2.75, 3.05) is 45.5 Å². The number of nitrogens with one attached hydrogen (secondary N) is 1. The highest BCUT2D eigenvalue weighted by atomic mass is 35.5. The number of rotatable bonds is 8. The van der Waals surface area contributed by atoms with Crippen molar-refractivity contribution in [2.24, 2.45) is 0 Å². The molecule has 11 heteroatoms. The topological polar surface area (TPSA) is 98.2 Å². The van der Waals surface area contributed by atoms with Crippen LogP contribution in [0.25, 0.3) is 10.9 Å². The summed E-state index contributed by atoms with van der Waals surface area (Å²) in [7, 11) is 1.58. The number of β-amino-alcohol motifs (C(OH)–C–C–N with tert-alkyl or cyclic N) is 1. The first kappa shape index (κ1) is 25.9. The fraction of sp³-hybridized carbons (Fsp3) is 0.391. The first-order valence-corrected chi connectivity index (χ1v) is 10.7. The molecule has 9 nitrogen and oxygen atoms in total. The van der Waals surface area contributed by atoms with Crippen LogP contribution in [0.4, 0.5) is 11.5 Å². The molecular weight excluding hydrogens is 483 g/mol. The monoisotopic (exact) mass is 510 g/mol. The van der Waals surface area contributed by atoms with E-state index in [1.54, 1.807) is 13.2 Å². The number of hydrogen-bond acceptors (Lipinski definition) is 9. The zero-order valence-corrected chi connectivity index (χ0v) is 20.4. The van der Waals surface area contributed by atoms with Gasteiger partial charge in [0.15, 0.2) is 23.0 Å². The summed E-state index contributed by atoms with van der Waals surface area (Å²) in [5, 5.41) is 14.4. The summed E-state index contributed by atoms with van der Waals surface area (Å²) in [4.78, 5) is 11.0. The van der Waals surface area contributed by atoms with Crippen LogP contribution in [0.1, 0.15) is 12.8 Å². The normalized spacial score (nSPS) is 15.4. The minimum absolute atomic E-state index is 0. The largest absolute Gasteiger partial charge is 0.493 e. The fourth-order valence-corrected chi connectivity index (χ4v) is 4.09. The zero-order chi connectivity index (χ0) is 21.9. The molecule has 2 aliphatic heterocycles. The zero-order valence-electron chi connectivity index (χ0n) is 18.7. The average Bonchev–Trinajstić information content (AvgIpc) is 3.50. The van der Waals surface area contributed by atoms with E-state index in [-0.39, 0.29) is 38.2 Å². The second-order valence-electron chi connectivity index (χ2n) is 7.88. The van der Waals surface area contributed by atoms with Crippen LogP contribution in [0.5, 0.6) is 23.0 Å². The minimum atomic E-state index is -0.571. The standard InChI is InChI=1S/C23H26N4O5.2ClH/c1-29-20-9-16-18(10-21(20)30-12-15(28)11-27-7-2-3-8-27)24-13-25-23(16)26-17-5-4-6-19-22(17)32-14-31-19;;/h4-6,9-10,13,15,28H,2-3,7-8,11-12,14H2,1H3,(H,24,25,26);2*1H/t15-;;/m1../s1. The predicted molar refractivity (Wildman–Crippen MR) is 134 cm³/mol. The Labute approximate surface area is 210 Å². The molecular formula is C23H28Cl2N4O5. The van der Waals surface area contributed by atoms with Crippen LogP contribution in [0, 0.1) is 0 Å².